The van der Waals surface area contributed by atoms with Crippen molar-refractivity contribution in [2.24, 2.45) is 11.8 Å². The maximum atomic E-state index is 5.48. The van der Waals surface area contributed by atoms with Gasteiger partial charge in [0.05, 0.1) is 0 Å². The van der Waals surface area contributed by atoms with E-state index in [2.05, 4.69) is 13.8 Å². The molecule has 2 nitrogen and oxygen atoms in total. The first-order chi connectivity index (χ1) is 10.3. The van der Waals surface area contributed by atoms with Crippen molar-refractivity contribution in [3.63, 3.8) is 0 Å². The van der Waals surface area contributed by atoms with E-state index in [9.17, 15) is 0 Å². The number of methoxy groups -OCH3 is 2. The molecule has 0 heterocycles. The van der Waals surface area contributed by atoms with Crippen molar-refractivity contribution in [3.05, 3.63) is 0 Å². The molecular formula is C19H40O2. The van der Waals surface area contributed by atoms with Gasteiger partial charge in [-0.2, -0.15) is 0 Å². The molecule has 0 N–H and O–H groups in total. The molecule has 0 aromatic heterocycles. The van der Waals surface area contributed by atoms with Crippen molar-refractivity contribution < 1.29 is 9.47 Å². The molecule has 128 valence electrons. The van der Waals surface area contributed by atoms with Gasteiger partial charge in [-0.3, -0.25) is 0 Å². The van der Waals surface area contributed by atoms with Gasteiger partial charge in [-0.25, -0.2) is 0 Å². The molecule has 2 atom stereocenters. The van der Waals surface area contributed by atoms with E-state index >= 15 is 0 Å². The SMILES string of the molecule is CCCCCCCC(COC)C(CCCCCC)COC. The van der Waals surface area contributed by atoms with Gasteiger partial charge in [-0.1, -0.05) is 71.6 Å². The van der Waals surface area contributed by atoms with Gasteiger partial charge in [-0.05, 0) is 24.7 Å². The van der Waals surface area contributed by atoms with Crippen LogP contribution in [0.2, 0.25) is 0 Å². The summed E-state index contributed by atoms with van der Waals surface area (Å²) in [5.74, 6) is 1.36. The summed E-state index contributed by atoms with van der Waals surface area (Å²) in [6.45, 7) is 6.35. The lowest BCUT2D eigenvalue weighted by molar-refractivity contribution is 0.0592. The first-order valence-electron chi connectivity index (χ1n) is 9.27. The van der Waals surface area contributed by atoms with Gasteiger partial charge in [0, 0.05) is 27.4 Å². The molecule has 0 rings (SSSR count). The smallest absolute Gasteiger partial charge is 0.0493 e. The Morgan fingerprint density at radius 2 is 0.952 bits per heavy atom. The van der Waals surface area contributed by atoms with E-state index in [1.807, 2.05) is 14.2 Å². The summed E-state index contributed by atoms with van der Waals surface area (Å²) >= 11 is 0. The van der Waals surface area contributed by atoms with Crippen LogP contribution in [0.3, 0.4) is 0 Å². The van der Waals surface area contributed by atoms with E-state index in [4.69, 9.17) is 9.47 Å². The molecule has 0 saturated heterocycles. The van der Waals surface area contributed by atoms with Gasteiger partial charge < -0.3 is 9.47 Å². The monoisotopic (exact) mass is 300 g/mol. The van der Waals surface area contributed by atoms with E-state index in [1.54, 1.807) is 0 Å². The minimum Gasteiger partial charge on any atom is -0.384 e. The summed E-state index contributed by atoms with van der Waals surface area (Å²) in [5, 5.41) is 0. The summed E-state index contributed by atoms with van der Waals surface area (Å²) in [7, 11) is 3.68. The Balaban J connectivity index is 4.10. The highest BCUT2D eigenvalue weighted by Gasteiger charge is 2.20. The van der Waals surface area contributed by atoms with Crippen LogP contribution < -0.4 is 0 Å². The van der Waals surface area contributed by atoms with Crippen LogP contribution in [0.25, 0.3) is 0 Å². The summed E-state index contributed by atoms with van der Waals surface area (Å²) in [6, 6.07) is 0. The fraction of sp³-hybridized carbons (Fsp3) is 1.00. The van der Waals surface area contributed by atoms with Crippen LogP contribution in [0, 0.1) is 11.8 Å². The van der Waals surface area contributed by atoms with E-state index in [-0.39, 0.29) is 0 Å². The van der Waals surface area contributed by atoms with Crippen LogP contribution in [0.4, 0.5) is 0 Å². The molecule has 0 fully saturated rings. The van der Waals surface area contributed by atoms with Crippen LogP contribution in [-0.4, -0.2) is 27.4 Å². The zero-order valence-corrected chi connectivity index (χ0v) is 15.2. The number of hydrogen-bond donors (Lipinski definition) is 0. The topological polar surface area (TPSA) is 18.5 Å². The third-order valence-electron chi connectivity index (χ3n) is 4.54. The average molecular weight is 301 g/mol. The number of ether oxygens (including phenoxy) is 2. The van der Waals surface area contributed by atoms with Crippen molar-refractivity contribution in [1.29, 1.82) is 0 Å². The second-order valence-electron chi connectivity index (χ2n) is 6.48. The Morgan fingerprint density at radius 3 is 1.33 bits per heavy atom. The summed E-state index contributed by atoms with van der Waals surface area (Å²) in [5.41, 5.74) is 0. The standard InChI is InChI=1S/C19H40O2/c1-5-7-9-11-13-15-19(17-21-4)18(16-20-3)14-12-10-8-6-2/h18-19H,5-17H2,1-4H3. The normalized spacial score (nSPS) is 14.3. The number of hydrogen-bond acceptors (Lipinski definition) is 2. The van der Waals surface area contributed by atoms with Gasteiger partial charge in [0.15, 0.2) is 0 Å². The first-order valence-corrected chi connectivity index (χ1v) is 9.27. The second kappa shape index (κ2) is 16.3. The van der Waals surface area contributed by atoms with Crippen LogP contribution in [0.15, 0.2) is 0 Å². The fourth-order valence-electron chi connectivity index (χ4n) is 3.18. The van der Waals surface area contributed by atoms with Crippen molar-refractivity contribution in [2.45, 2.75) is 84.5 Å². The summed E-state index contributed by atoms with van der Waals surface area (Å²) in [6.07, 6.45) is 14.8. The second-order valence-corrected chi connectivity index (χ2v) is 6.48. The predicted molar refractivity (Wildman–Crippen MR) is 92.9 cm³/mol. The zero-order valence-electron chi connectivity index (χ0n) is 15.2. The molecule has 0 aliphatic carbocycles. The molecule has 21 heavy (non-hydrogen) atoms. The van der Waals surface area contributed by atoms with Gasteiger partial charge >= 0.3 is 0 Å². The van der Waals surface area contributed by atoms with Crippen molar-refractivity contribution in [1.82, 2.24) is 0 Å². The van der Waals surface area contributed by atoms with Gasteiger partial charge in [0.25, 0.3) is 0 Å². The Kier molecular flexibility index (Phi) is 16.2. The molecule has 2 unspecified atom stereocenters. The van der Waals surface area contributed by atoms with Gasteiger partial charge in [0.2, 0.25) is 0 Å². The van der Waals surface area contributed by atoms with Gasteiger partial charge in [0.1, 0.15) is 0 Å². The predicted octanol–water partition coefficient (Wildman–Crippen LogP) is 5.84. The minimum absolute atomic E-state index is 0.679. The van der Waals surface area contributed by atoms with Crippen LogP contribution in [0.5, 0.6) is 0 Å². The molecule has 0 saturated carbocycles. The molecule has 0 amide bonds. The van der Waals surface area contributed by atoms with Crippen molar-refractivity contribution in [2.75, 3.05) is 27.4 Å². The molecule has 0 aliphatic heterocycles. The van der Waals surface area contributed by atoms with Crippen LogP contribution >= 0.6 is 0 Å². The van der Waals surface area contributed by atoms with Gasteiger partial charge in [-0.15, -0.1) is 0 Å². The summed E-state index contributed by atoms with van der Waals surface area (Å²) in [4.78, 5) is 0. The largest absolute Gasteiger partial charge is 0.384 e. The van der Waals surface area contributed by atoms with E-state index < -0.39 is 0 Å². The molecule has 0 radical (unpaired) electrons. The summed E-state index contributed by atoms with van der Waals surface area (Å²) < 4.78 is 11.0. The van der Waals surface area contributed by atoms with E-state index in [1.165, 1.54) is 70.6 Å². The Morgan fingerprint density at radius 1 is 0.571 bits per heavy atom. The molecule has 0 spiro atoms. The maximum absolute atomic E-state index is 5.48. The Hall–Kier alpha value is -0.0800. The molecule has 0 aliphatic rings. The molecule has 2 heteroatoms. The van der Waals surface area contributed by atoms with Crippen molar-refractivity contribution in [3.8, 4) is 0 Å². The average Bonchev–Trinajstić information content (AvgIpc) is 2.49. The Bertz CT molecular complexity index is 194. The van der Waals surface area contributed by atoms with Crippen molar-refractivity contribution >= 4 is 0 Å². The van der Waals surface area contributed by atoms with Crippen LogP contribution in [0.1, 0.15) is 84.5 Å². The highest BCUT2D eigenvalue weighted by molar-refractivity contribution is 4.70. The lowest BCUT2D eigenvalue weighted by Crippen LogP contribution is -2.24. The fourth-order valence-corrected chi connectivity index (χ4v) is 3.18. The first kappa shape index (κ1) is 20.9. The maximum Gasteiger partial charge on any atom is 0.0493 e. The third-order valence-corrected chi connectivity index (χ3v) is 4.54. The highest BCUT2D eigenvalue weighted by Crippen LogP contribution is 2.25. The lowest BCUT2D eigenvalue weighted by Gasteiger charge is -2.26. The minimum atomic E-state index is 0.679. The highest BCUT2D eigenvalue weighted by atomic mass is 16.5. The molecular weight excluding hydrogens is 260 g/mol. The number of rotatable bonds is 16. The lowest BCUT2D eigenvalue weighted by atomic mass is 9.85. The zero-order chi connectivity index (χ0) is 15.8. The third kappa shape index (κ3) is 12.2. The molecule has 0 aromatic rings. The van der Waals surface area contributed by atoms with E-state index in [0.717, 1.165) is 13.2 Å². The molecule has 0 bridgehead atoms. The Labute approximate surface area is 134 Å². The van der Waals surface area contributed by atoms with Crippen LogP contribution in [-0.2, 0) is 9.47 Å². The van der Waals surface area contributed by atoms with E-state index in [0.29, 0.717) is 11.8 Å². The number of unbranched alkanes of at least 4 members (excludes halogenated alkanes) is 7. The quantitative estimate of drug-likeness (QED) is 0.333. The molecule has 0 aromatic carbocycles.